The third kappa shape index (κ3) is 50.4. The first-order chi connectivity index (χ1) is 10.5. The number of carboxylic acids is 2. The largest absolute Gasteiger partial charge is 0.481 e. The standard InChI is InChI=1S/C6H12.2C3H6O2S.2CH4O/c1-2-4-6-5-3-1;2*4-3(5)1-2-6;2*1-2/h1-6H2;2*6H,1-2H2,(H,4,5);2*2H,1H3. The SMILES string of the molecule is C1CCCCC1.CO.CO.O=C(O)CCS.O=C(O)CCS. The molecule has 0 aromatic heterocycles. The molecule has 0 aromatic rings. The quantitative estimate of drug-likeness (QED) is 0.429. The van der Waals surface area contributed by atoms with Crippen molar-refractivity contribution in [3.63, 3.8) is 0 Å². The predicted molar refractivity (Wildman–Crippen MR) is 96.2 cm³/mol. The first-order valence-corrected chi connectivity index (χ1v) is 8.35. The summed E-state index contributed by atoms with van der Waals surface area (Å²) in [5.41, 5.74) is 0. The number of thiol groups is 2. The fourth-order valence-corrected chi connectivity index (χ4v) is 1.63. The van der Waals surface area contributed by atoms with Crippen LogP contribution in [0, 0.1) is 0 Å². The molecule has 0 aromatic carbocycles. The van der Waals surface area contributed by atoms with Gasteiger partial charge in [-0.3, -0.25) is 9.59 Å². The number of hydrogen-bond donors (Lipinski definition) is 6. The highest BCUT2D eigenvalue weighted by atomic mass is 32.1. The van der Waals surface area contributed by atoms with Crippen molar-refractivity contribution < 1.29 is 30.0 Å². The van der Waals surface area contributed by atoms with Gasteiger partial charge < -0.3 is 20.4 Å². The van der Waals surface area contributed by atoms with Crippen molar-refractivity contribution in [2.45, 2.75) is 51.4 Å². The molecule has 0 unspecified atom stereocenters. The van der Waals surface area contributed by atoms with E-state index in [9.17, 15) is 9.59 Å². The average molecular weight is 361 g/mol. The van der Waals surface area contributed by atoms with Crippen LogP contribution in [0.5, 0.6) is 0 Å². The third-order valence-electron chi connectivity index (χ3n) is 2.15. The molecule has 1 rings (SSSR count). The van der Waals surface area contributed by atoms with Gasteiger partial charge in [0.05, 0.1) is 12.8 Å². The maximum Gasteiger partial charge on any atom is 0.304 e. The van der Waals surface area contributed by atoms with Gasteiger partial charge in [-0.05, 0) is 0 Å². The van der Waals surface area contributed by atoms with E-state index in [2.05, 4.69) is 25.3 Å². The summed E-state index contributed by atoms with van der Waals surface area (Å²) >= 11 is 7.36. The summed E-state index contributed by atoms with van der Waals surface area (Å²) in [6, 6.07) is 0. The van der Waals surface area contributed by atoms with Gasteiger partial charge in [0.15, 0.2) is 0 Å². The molecule has 1 aliphatic carbocycles. The lowest BCUT2D eigenvalue weighted by Gasteiger charge is -2.05. The minimum atomic E-state index is -0.787. The van der Waals surface area contributed by atoms with Crippen LogP contribution in [0.25, 0.3) is 0 Å². The Balaban J connectivity index is -0.0000000990. The Morgan fingerprint density at radius 1 is 0.682 bits per heavy atom. The second kappa shape index (κ2) is 32.5. The number of hydrogen-bond acceptors (Lipinski definition) is 6. The van der Waals surface area contributed by atoms with Gasteiger partial charge in [0.1, 0.15) is 0 Å². The second-order valence-corrected chi connectivity index (χ2v) is 4.75. The minimum Gasteiger partial charge on any atom is -0.481 e. The smallest absolute Gasteiger partial charge is 0.304 e. The Labute approximate surface area is 144 Å². The van der Waals surface area contributed by atoms with Crippen LogP contribution in [0.4, 0.5) is 0 Å². The second-order valence-electron chi connectivity index (χ2n) is 3.86. The van der Waals surface area contributed by atoms with Crippen LogP contribution in [-0.4, -0.2) is 58.1 Å². The lowest BCUT2D eigenvalue weighted by Crippen LogP contribution is -1.93. The Bertz CT molecular complexity index is 184. The van der Waals surface area contributed by atoms with Crippen LogP contribution >= 0.6 is 25.3 Å². The van der Waals surface area contributed by atoms with Gasteiger partial charge >= 0.3 is 11.9 Å². The lowest BCUT2D eigenvalue weighted by molar-refractivity contribution is -0.137. The van der Waals surface area contributed by atoms with Crippen LogP contribution < -0.4 is 0 Å². The molecule has 6 nitrogen and oxygen atoms in total. The molecule has 1 saturated carbocycles. The topological polar surface area (TPSA) is 115 Å². The summed E-state index contributed by atoms with van der Waals surface area (Å²) in [6.45, 7) is 0. The van der Waals surface area contributed by atoms with Gasteiger partial charge in [-0.1, -0.05) is 38.5 Å². The molecule has 1 fully saturated rings. The molecule has 136 valence electrons. The molecule has 8 heteroatoms. The number of rotatable bonds is 4. The zero-order chi connectivity index (χ0) is 18.2. The van der Waals surface area contributed by atoms with E-state index in [0.29, 0.717) is 11.5 Å². The zero-order valence-corrected chi connectivity index (χ0v) is 15.4. The number of carboxylic acid groups (broad SMARTS) is 2. The van der Waals surface area contributed by atoms with E-state index >= 15 is 0 Å². The van der Waals surface area contributed by atoms with Crippen LogP contribution in [0.15, 0.2) is 0 Å². The summed E-state index contributed by atoms with van der Waals surface area (Å²) in [4.78, 5) is 19.1. The molecule has 0 bridgehead atoms. The first kappa shape index (κ1) is 29.6. The van der Waals surface area contributed by atoms with Gasteiger partial charge in [-0.2, -0.15) is 25.3 Å². The van der Waals surface area contributed by atoms with Crippen molar-refractivity contribution in [1.82, 2.24) is 0 Å². The molecule has 0 saturated heterocycles. The molecule has 1 aliphatic rings. The summed E-state index contributed by atoms with van der Waals surface area (Å²) < 4.78 is 0. The van der Waals surface area contributed by atoms with E-state index in [0.717, 1.165) is 14.2 Å². The highest BCUT2D eigenvalue weighted by Gasteiger charge is 1.95. The molecular formula is C14H32O6S2. The molecule has 0 spiro atoms. The molecule has 0 heterocycles. The molecule has 0 radical (unpaired) electrons. The molecule has 0 amide bonds. The van der Waals surface area contributed by atoms with Gasteiger partial charge in [-0.15, -0.1) is 0 Å². The molecule has 0 atom stereocenters. The van der Waals surface area contributed by atoms with Crippen molar-refractivity contribution in [3.05, 3.63) is 0 Å². The number of aliphatic hydroxyl groups is 2. The van der Waals surface area contributed by atoms with Gasteiger partial charge in [-0.25, -0.2) is 0 Å². The van der Waals surface area contributed by atoms with E-state index in [-0.39, 0.29) is 12.8 Å². The Kier molecular flexibility index (Phi) is 43.6. The minimum absolute atomic E-state index is 0.156. The predicted octanol–water partition coefficient (Wildman–Crippen LogP) is 2.34. The lowest BCUT2D eigenvalue weighted by atomic mass is 10.0. The first-order valence-electron chi connectivity index (χ1n) is 7.09. The van der Waals surface area contributed by atoms with E-state index in [1.807, 2.05) is 0 Å². The van der Waals surface area contributed by atoms with Crippen molar-refractivity contribution >= 4 is 37.2 Å². The summed E-state index contributed by atoms with van der Waals surface area (Å²) in [5.74, 6) is -0.722. The van der Waals surface area contributed by atoms with E-state index < -0.39 is 11.9 Å². The maximum atomic E-state index is 9.55. The third-order valence-corrected chi connectivity index (χ3v) is 2.60. The zero-order valence-electron chi connectivity index (χ0n) is 13.6. The number of carbonyl (C=O) groups is 2. The van der Waals surface area contributed by atoms with Crippen LogP contribution in [0.3, 0.4) is 0 Å². The van der Waals surface area contributed by atoms with E-state index in [1.54, 1.807) is 0 Å². The highest BCUT2D eigenvalue weighted by Crippen LogP contribution is 2.15. The average Bonchev–Trinajstić information content (AvgIpc) is 2.54. The van der Waals surface area contributed by atoms with E-state index in [1.165, 1.54) is 38.5 Å². The van der Waals surface area contributed by atoms with Crippen molar-refractivity contribution in [2.24, 2.45) is 0 Å². The highest BCUT2D eigenvalue weighted by molar-refractivity contribution is 7.80. The fraction of sp³-hybridized carbons (Fsp3) is 0.857. The number of aliphatic hydroxyl groups excluding tert-OH is 2. The molecule has 22 heavy (non-hydrogen) atoms. The Morgan fingerprint density at radius 2 is 0.864 bits per heavy atom. The van der Waals surface area contributed by atoms with Gasteiger partial charge in [0, 0.05) is 25.7 Å². The van der Waals surface area contributed by atoms with Gasteiger partial charge in [0.25, 0.3) is 0 Å². The fourth-order valence-electron chi connectivity index (χ4n) is 1.25. The summed E-state index contributed by atoms with van der Waals surface area (Å²) in [7, 11) is 2.00. The van der Waals surface area contributed by atoms with Crippen molar-refractivity contribution in [3.8, 4) is 0 Å². The molecule has 0 aliphatic heterocycles. The van der Waals surface area contributed by atoms with Crippen LogP contribution in [-0.2, 0) is 9.59 Å². The summed E-state index contributed by atoms with van der Waals surface area (Å²) in [6.07, 6.45) is 9.31. The summed E-state index contributed by atoms with van der Waals surface area (Å²) in [5, 5.41) is 29.7. The normalized spacial score (nSPS) is 11.5. The van der Waals surface area contributed by atoms with Gasteiger partial charge in [0.2, 0.25) is 0 Å². The molecule has 4 N–H and O–H groups in total. The Morgan fingerprint density at radius 3 is 0.909 bits per heavy atom. The van der Waals surface area contributed by atoms with Crippen molar-refractivity contribution in [1.29, 1.82) is 0 Å². The number of aliphatic carboxylic acids is 2. The van der Waals surface area contributed by atoms with E-state index in [4.69, 9.17) is 20.4 Å². The Hall–Kier alpha value is -0.440. The monoisotopic (exact) mass is 360 g/mol. The molecular weight excluding hydrogens is 328 g/mol. The van der Waals surface area contributed by atoms with Crippen molar-refractivity contribution in [2.75, 3.05) is 25.7 Å². The van der Waals surface area contributed by atoms with Crippen LogP contribution in [0.2, 0.25) is 0 Å². The maximum absolute atomic E-state index is 9.55. The van der Waals surface area contributed by atoms with Crippen LogP contribution in [0.1, 0.15) is 51.4 Å².